The van der Waals surface area contributed by atoms with Gasteiger partial charge in [0.15, 0.2) is 0 Å². The smallest absolute Gasteiger partial charge is 0.244 e. The minimum atomic E-state index is -3.69. The standard InChI is InChI=1S/C13H23NO5S/c1-5-18-8-12(9(2)3)14-20(16,17)13-6-11(7-15)19-10(13)4/h6,9,12,14-15H,5,7-8H2,1-4H3. The van der Waals surface area contributed by atoms with E-state index in [4.69, 9.17) is 14.3 Å². The van der Waals surface area contributed by atoms with E-state index in [1.54, 1.807) is 6.92 Å². The fraction of sp³-hybridized carbons (Fsp3) is 0.692. The van der Waals surface area contributed by atoms with Crippen LogP contribution in [0.5, 0.6) is 0 Å². The van der Waals surface area contributed by atoms with Crippen molar-refractivity contribution in [1.82, 2.24) is 4.72 Å². The summed E-state index contributed by atoms with van der Waals surface area (Å²) in [6.07, 6.45) is 0. The molecule has 1 aromatic rings. The molecular weight excluding hydrogens is 282 g/mol. The number of aliphatic hydroxyl groups excluding tert-OH is 1. The predicted molar refractivity (Wildman–Crippen MR) is 74.8 cm³/mol. The first-order valence-corrected chi connectivity index (χ1v) is 8.10. The maximum Gasteiger partial charge on any atom is 0.244 e. The fourth-order valence-corrected chi connectivity index (χ4v) is 3.31. The Bertz CT molecular complexity index is 521. The van der Waals surface area contributed by atoms with E-state index in [0.29, 0.717) is 13.2 Å². The molecule has 0 fully saturated rings. The average Bonchev–Trinajstić information content (AvgIpc) is 2.76. The maximum atomic E-state index is 12.4. The molecule has 0 amide bonds. The van der Waals surface area contributed by atoms with Crippen LogP contribution in [0.3, 0.4) is 0 Å². The molecule has 1 aromatic heterocycles. The lowest BCUT2D eigenvalue weighted by molar-refractivity contribution is 0.116. The van der Waals surface area contributed by atoms with Gasteiger partial charge in [0, 0.05) is 18.7 Å². The number of sulfonamides is 1. The number of ether oxygens (including phenoxy) is 1. The maximum absolute atomic E-state index is 12.4. The van der Waals surface area contributed by atoms with E-state index in [2.05, 4.69) is 4.72 Å². The van der Waals surface area contributed by atoms with Gasteiger partial charge in [0.2, 0.25) is 10.0 Å². The molecule has 0 aliphatic rings. The zero-order valence-corrected chi connectivity index (χ0v) is 13.2. The molecule has 1 rings (SSSR count). The summed E-state index contributed by atoms with van der Waals surface area (Å²) in [4.78, 5) is 0.0590. The Morgan fingerprint density at radius 1 is 1.45 bits per heavy atom. The Balaban J connectivity index is 2.94. The molecule has 7 heteroatoms. The minimum absolute atomic E-state index is 0.0590. The largest absolute Gasteiger partial charge is 0.462 e. The Morgan fingerprint density at radius 3 is 2.55 bits per heavy atom. The van der Waals surface area contributed by atoms with Gasteiger partial charge in [0.1, 0.15) is 23.0 Å². The second-order valence-electron chi connectivity index (χ2n) is 4.92. The number of aryl methyl sites for hydroxylation is 1. The van der Waals surface area contributed by atoms with E-state index < -0.39 is 10.0 Å². The Labute approximate surface area is 120 Å². The summed E-state index contributed by atoms with van der Waals surface area (Å²) >= 11 is 0. The van der Waals surface area contributed by atoms with Crippen molar-refractivity contribution >= 4 is 10.0 Å². The molecule has 0 aromatic carbocycles. The molecule has 0 spiro atoms. The van der Waals surface area contributed by atoms with Crippen molar-refractivity contribution in [1.29, 1.82) is 0 Å². The third-order valence-corrected chi connectivity index (χ3v) is 4.58. The highest BCUT2D eigenvalue weighted by Gasteiger charge is 2.26. The van der Waals surface area contributed by atoms with Crippen molar-refractivity contribution in [3.8, 4) is 0 Å². The monoisotopic (exact) mass is 305 g/mol. The lowest BCUT2D eigenvalue weighted by Crippen LogP contribution is -2.41. The van der Waals surface area contributed by atoms with Gasteiger partial charge in [-0.3, -0.25) is 0 Å². The molecule has 1 heterocycles. The fourth-order valence-electron chi connectivity index (χ4n) is 1.74. The zero-order chi connectivity index (χ0) is 15.3. The summed E-state index contributed by atoms with van der Waals surface area (Å²) in [6.45, 7) is 7.78. The first-order chi connectivity index (χ1) is 9.31. The van der Waals surface area contributed by atoms with Crippen LogP contribution in [0.2, 0.25) is 0 Å². The Kier molecular flexibility index (Phi) is 6.19. The number of hydrogen-bond acceptors (Lipinski definition) is 5. The van der Waals surface area contributed by atoms with E-state index in [1.165, 1.54) is 6.07 Å². The lowest BCUT2D eigenvalue weighted by Gasteiger charge is -2.21. The molecule has 0 bridgehead atoms. The highest BCUT2D eigenvalue weighted by molar-refractivity contribution is 7.89. The first kappa shape index (κ1) is 17.2. The summed E-state index contributed by atoms with van der Waals surface area (Å²) < 4.78 is 37.8. The molecule has 20 heavy (non-hydrogen) atoms. The van der Waals surface area contributed by atoms with Crippen molar-refractivity contribution in [2.45, 2.75) is 45.2 Å². The highest BCUT2D eigenvalue weighted by atomic mass is 32.2. The van der Waals surface area contributed by atoms with Crippen molar-refractivity contribution in [2.24, 2.45) is 5.92 Å². The molecule has 116 valence electrons. The van der Waals surface area contributed by atoms with Crippen molar-refractivity contribution < 1.29 is 22.7 Å². The van der Waals surface area contributed by atoms with Gasteiger partial charge in [-0.05, 0) is 19.8 Å². The van der Waals surface area contributed by atoms with Crippen LogP contribution in [0, 0.1) is 12.8 Å². The molecular formula is C13H23NO5S. The predicted octanol–water partition coefficient (Wildman–Crippen LogP) is 1.42. The van der Waals surface area contributed by atoms with Crippen LogP contribution in [0.1, 0.15) is 32.3 Å². The molecule has 0 aliphatic carbocycles. The number of rotatable bonds is 8. The van der Waals surface area contributed by atoms with E-state index in [9.17, 15) is 8.42 Å². The topological polar surface area (TPSA) is 88.8 Å². The van der Waals surface area contributed by atoms with Crippen LogP contribution in [0.25, 0.3) is 0 Å². The zero-order valence-electron chi connectivity index (χ0n) is 12.3. The molecule has 0 radical (unpaired) electrons. The van der Waals surface area contributed by atoms with E-state index >= 15 is 0 Å². The van der Waals surface area contributed by atoms with Gasteiger partial charge in [-0.25, -0.2) is 13.1 Å². The number of aliphatic hydroxyl groups is 1. The normalized spacial score (nSPS) is 13.9. The van der Waals surface area contributed by atoms with Crippen LogP contribution in [-0.4, -0.2) is 32.8 Å². The van der Waals surface area contributed by atoms with E-state index in [1.807, 2.05) is 20.8 Å². The SMILES string of the molecule is CCOCC(NS(=O)(=O)c1cc(CO)oc1C)C(C)C. The van der Waals surface area contributed by atoms with Gasteiger partial charge in [0.25, 0.3) is 0 Å². The molecule has 1 unspecified atom stereocenters. The Morgan fingerprint density at radius 2 is 2.10 bits per heavy atom. The van der Waals surface area contributed by atoms with Gasteiger partial charge in [-0.2, -0.15) is 0 Å². The van der Waals surface area contributed by atoms with Gasteiger partial charge < -0.3 is 14.3 Å². The second kappa shape index (κ2) is 7.21. The van der Waals surface area contributed by atoms with Crippen LogP contribution in [0.15, 0.2) is 15.4 Å². The highest BCUT2D eigenvalue weighted by Crippen LogP contribution is 2.21. The van der Waals surface area contributed by atoms with Gasteiger partial charge in [0.05, 0.1) is 6.61 Å². The van der Waals surface area contributed by atoms with Gasteiger partial charge in [-0.15, -0.1) is 0 Å². The van der Waals surface area contributed by atoms with Crippen LogP contribution in [-0.2, 0) is 21.4 Å². The molecule has 6 nitrogen and oxygen atoms in total. The number of furan rings is 1. The number of nitrogens with one attached hydrogen (secondary N) is 1. The first-order valence-electron chi connectivity index (χ1n) is 6.62. The minimum Gasteiger partial charge on any atom is -0.462 e. The van der Waals surface area contributed by atoms with E-state index in [0.717, 1.165) is 0 Å². The van der Waals surface area contributed by atoms with Crippen molar-refractivity contribution in [2.75, 3.05) is 13.2 Å². The van der Waals surface area contributed by atoms with Crippen molar-refractivity contribution in [3.63, 3.8) is 0 Å². The summed E-state index contributed by atoms with van der Waals surface area (Å²) in [5, 5.41) is 9.00. The molecule has 0 saturated carbocycles. The molecule has 2 N–H and O–H groups in total. The summed E-state index contributed by atoms with van der Waals surface area (Å²) in [6, 6.07) is 1.03. The third-order valence-electron chi connectivity index (χ3n) is 2.98. The Hall–Kier alpha value is -0.890. The lowest BCUT2D eigenvalue weighted by atomic mass is 10.1. The third kappa shape index (κ3) is 4.31. The number of hydrogen-bond donors (Lipinski definition) is 2. The molecule has 0 aliphatic heterocycles. The van der Waals surface area contributed by atoms with Crippen molar-refractivity contribution in [3.05, 3.63) is 17.6 Å². The molecule has 0 saturated heterocycles. The summed E-state index contributed by atoms with van der Waals surface area (Å²) in [5.74, 6) is 0.593. The summed E-state index contributed by atoms with van der Waals surface area (Å²) in [5.41, 5.74) is 0. The quantitative estimate of drug-likeness (QED) is 0.758. The van der Waals surface area contributed by atoms with Crippen LogP contribution in [0.4, 0.5) is 0 Å². The average molecular weight is 305 g/mol. The van der Waals surface area contributed by atoms with Gasteiger partial charge >= 0.3 is 0 Å². The molecule has 1 atom stereocenters. The second-order valence-corrected chi connectivity index (χ2v) is 6.60. The van der Waals surface area contributed by atoms with Crippen LogP contribution >= 0.6 is 0 Å². The van der Waals surface area contributed by atoms with E-state index in [-0.39, 0.29) is 35.0 Å². The van der Waals surface area contributed by atoms with Gasteiger partial charge in [-0.1, -0.05) is 13.8 Å². The van der Waals surface area contributed by atoms with Crippen LogP contribution < -0.4 is 4.72 Å². The summed E-state index contributed by atoms with van der Waals surface area (Å²) in [7, 11) is -3.69.